The number of benzene rings is 1. The van der Waals surface area contributed by atoms with Crippen LogP contribution in [0.3, 0.4) is 0 Å². The molecule has 0 aliphatic heterocycles. The van der Waals surface area contributed by atoms with Crippen LogP contribution in [0, 0.1) is 5.92 Å². The normalized spacial score (nSPS) is 23.2. The molecule has 2 aromatic heterocycles. The summed E-state index contributed by atoms with van der Waals surface area (Å²) in [6.45, 7) is 1.54. The predicted molar refractivity (Wildman–Crippen MR) is 95.6 cm³/mol. The monoisotopic (exact) mass is 337 g/mol. The number of aliphatic hydroxyl groups is 1. The van der Waals surface area contributed by atoms with Crippen LogP contribution in [0.4, 0.5) is 0 Å². The summed E-state index contributed by atoms with van der Waals surface area (Å²) in [6.07, 6.45) is 5.24. The summed E-state index contributed by atoms with van der Waals surface area (Å²) in [5.74, 6) is 0.453. The van der Waals surface area contributed by atoms with Gasteiger partial charge in [0.15, 0.2) is 0 Å². The molecule has 0 radical (unpaired) electrons. The van der Waals surface area contributed by atoms with Crippen LogP contribution >= 0.6 is 0 Å². The van der Waals surface area contributed by atoms with Crippen LogP contribution in [0.1, 0.15) is 18.5 Å². The van der Waals surface area contributed by atoms with Crippen LogP contribution in [0.5, 0.6) is 0 Å². The minimum Gasteiger partial charge on any atom is -0.391 e. The molecule has 0 spiro atoms. The lowest BCUT2D eigenvalue weighted by atomic mass is 10.1. The van der Waals surface area contributed by atoms with Gasteiger partial charge in [-0.15, -0.1) is 0 Å². The van der Waals surface area contributed by atoms with Gasteiger partial charge in [-0.25, -0.2) is 0 Å². The van der Waals surface area contributed by atoms with Gasteiger partial charge < -0.3 is 10.4 Å². The summed E-state index contributed by atoms with van der Waals surface area (Å²) in [5.41, 5.74) is 3.08. The maximum atomic E-state index is 10.3. The highest BCUT2D eigenvalue weighted by Gasteiger charge is 2.32. The highest BCUT2D eigenvalue weighted by Crippen LogP contribution is 2.27. The smallest absolute Gasteiger partial charge is 0.0924 e. The third-order valence-electron chi connectivity index (χ3n) is 4.89. The van der Waals surface area contributed by atoms with Crippen LogP contribution in [-0.4, -0.2) is 37.2 Å². The number of H-pyrrole nitrogens is 1. The quantitative estimate of drug-likeness (QED) is 0.644. The summed E-state index contributed by atoms with van der Waals surface area (Å²) in [5, 5.41) is 25.5. The first-order valence-corrected chi connectivity index (χ1v) is 8.76. The maximum Gasteiger partial charge on any atom is 0.0924 e. The van der Waals surface area contributed by atoms with Crippen molar-refractivity contribution in [3.63, 3.8) is 0 Å². The lowest BCUT2D eigenvalue weighted by Crippen LogP contribution is -2.35. The van der Waals surface area contributed by atoms with E-state index in [1.54, 1.807) is 6.20 Å². The lowest BCUT2D eigenvalue weighted by Gasteiger charge is -2.15. The average Bonchev–Trinajstić information content (AvgIpc) is 3.36. The number of nitrogens with zero attached hydrogens (tertiary/aromatic N) is 3. The molecule has 1 aliphatic carbocycles. The fourth-order valence-electron chi connectivity index (χ4n) is 3.61. The summed E-state index contributed by atoms with van der Waals surface area (Å²) < 4.78 is 1.95. The Morgan fingerprint density at radius 1 is 1.20 bits per heavy atom. The van der Waals surface area contributed by atoms with Gasteiger partial charge in [0.2, 0.25) is 0 Å². The van der Waals surface area contributed by atoms with Crippen molar-refractivity contribution < 1.29 is 5.11 Å². The molecule has 0 amide bonds. The first-order valence-electron chi connectivity index (χ1n) is 8.76. The van der Waals surface area contributed by atoms with Crippen LogP contribution in [0.2, 0.25) is 0 Å². The molecule has 1 saturated carbocycles. The van der Waals surface area contributed by atoms with Gasteiger partial charge in [0, 0.05) is 42.8 Å². The van der Waals surface area contributed by atoms with Crippen LogP contribution in [-0.2, 0) is 13.1 Å². The van der Waals surface area contributed by atoms with Crippen LogP contribution in [0.15, 0.2) is 54.9 Å². The molecule has 1 unspecified atom stereocenters. The molecule has 3 atom stereocenters. The first kappa shape index (κ1) is 16.1. The Kier molecular flexibility index (Phi) is 4.63. The van der Waals surface area contributed by atoms with E-state index in [0.29, 0.717) is 12.5 Å². The fraction of sp³-hybridized carbons (Fsp3) is 0.368. The number of hydrogen-bond acceptors (Lipinski definition) is 4. The minimum atomic E-state index is -0.308. The average molecular weight is 337 g/mol. The zero-order chi connectivity index (χ0) is 17.1. The minimum absolute atomic E-state index is 0.115. The Balaban J connectivity index is 1.32. The molecule has 6 nitrogen and oxygen atoms in total. The number of aromatic nitrogens is 4. The maximum absolute atomic E-state index is 10.3. The van der Waals surface area contributed by atoms with Crippen molar-refractivity contribution >= 4 is 0 Å². The third kappa shape index (κ3) is 3.81. The van der Waals surface area contributed by atoms with Gasteiger partial charge in [-0.05, 0) is 30.9 Å². The number of rotatable bonds is 6. The standard InChI is InChI=1S/C19H23N5O/c25-19-10-14(13-24-8-4-7-21-24)9-18(19)20-12-16-11-17(23-22-16)15-5-2-1-3-6-15/h1-8,11,14,18-20,25H,9-10,12-13H2,(H,22,23)/t14?,18-,19-/m1/s1. The van der Waals surface area contributed by atoms with Crippen molar-refractivity contribution in [2.75, 3.05) is 0 Å². The van der Waals surface area contributed by atoms with E-state index in [1.807, 2.05) is 47.3 Å². The summed E-state index contributed by atoms with van der Waals surface area (Å²) >= 11 is 0. The van der Waals surface area contributed by atoms with Crippen molar-refractivity contribution in [2.45, 2.75) is 38.1 Å². The van der Waals surface area contributed by atoms with E-state index in [0.717, 1.165) is 36.3 Å². The highest BCUT2D eigenvalue weighted by molar-refractivity contribution is 5.58. The molecular formula is C19H23N5O. The predicted octanol–water partition coefficient (Wildman–Crippen LogP) is 2.20. The number of aromatic amines is 1. The zero-order valence-electron chi connectivity index (χ0n) is 14.0. The fourth-order valence-corrected chi connectivity index (χ4v) is 3.61. The SMILES string of the molecule is O[C@@H]1CC(Cn2cccn2)C[C@H]1NCc1cc(-c2ccccc2)n[nH]1. The molecule has 2 heterocycles. The van der Waals surface area contributed by atoms with Gasteiger partial charge in [-0.1, -0.05) is 30.3 Å². The van der Waals surface area contributed by atoms with E-state index >= 15 is 0 Å². The summed E-state index contributed by atoms with van der Waals surface area (Å²) in [4.78, 5) is 0. The Bertz CT molecular complexity index is 783. The van der Waals surface area contributed by atoms with Crippen LogP contribution < -0.4 is 5.32 Å². The van der Waals surface area contributed by atoms with E-state index < -0.39 is 0 Å². The largest absolute Gasteiger partial charge is 0.391 e. The molecule has 4 rings (SSSR count). The van der Waals surface area contributed by atoms with Crippen molar-refractivity contribution in [1.29, 1.82) is 0 Å². The molecule has 25 heavy (non-hydrogen) atoms. The van der Waals surface area contributed by atoms with Crippen molar-refractivity contribution in [1.82, 2.24) is 25.3 Å². The molecule has 3 aromatic rings. The van der Waals surface area contributed by atoms with Gasteiger partial charge in [0.25, 0.3) is 0 Å². The second kappa shape index (κ2) is 7.21. The van der Waals surface area contributed by atoms with Gasteiger partial charge in [-0.3, -0.25) is 9.78 Å². The number of aliphatic hydroxyl groups excluding tert-OH is 1. The lowest BCUT2D eigenvalue weighted by molar-refractivity contribution is 0.145. The first-order chi connectivity index (χ1) is 12.3. The van der Waals surface area contributed by atoms with Crippen molar-refractivity contribution in [3.8, 4) is 11.3 Å². The molecule has 130 valence electrons. The molecule has 3 N–H and O–H groups in total. The Morgan fingerprint density at radius 2 is 2.08 bits per heavy atom. The topological polar surface area (TPSA) is 78.8 Å². The van der Waals surface area contributed by atoms with E-state index in [1.165, 1.54) is 0 Å². The van der Waals surface area contributed by atoms with Crippen molar-refractivity contribution in [2.24, 2.45) is 5.92 Å². The number of nitrogens with one attached hydrogen (secondary N) is 2. The second-order valence-electron chi connectivity index (χ2n) is 6.76. The second-order valence-corrected chi connectivity index (χ2v) is 6.76. The molecule has 0 bridgehead atoms. The van der Waals surface area contributed by atoms with E-state index in [2.05, 4.69) is 26.7 Å². The Hall–Kier alpha value is -2.44. The summed E-state index contributed by atoms with van der Waals surface area (Å²) in [6, 6.07) is 14.2. The summed E-state index contributed by atoms with van der Waals surface area (Å²) in [7, 11) is 0. The van der Waals surface area contributed by atoms with E-state index in [4.69, 9.17) is 0 Å². The van der Waals surface area contributed by atoms with Gasteiger partial charge in [0.05, 0.1) is 11.8 Å². The zero-order valence-corrected chi connectivity index (χ0v) is 14.0. The molecule has 6 heteroatoms. The Morgan fingerprint density at radius 3 is 2.88 bits per heavy atom. The third-order valence-corrected chi connectivity index (χ3v) is 4.89. The molecular weight excluding hydrogens is 314 g/mol. The number of hydrogen-bond donors (Lipinski definition) is 3. The van der Waals surface area contributed by atoms with Gasteiger partial charge in [0.1, 0.15) is 0 Å². The van der Waals surface area contributed by atoms with Crippen molar-refractivity contribution in [3.05, 3.63) is 60.6 Å². The highest BCUT2D eigenvalue weighted by atomic mass is 16.3. The Labute approximate surface area is 146 Å². The molecule has 1 aliphatic rings. The van der Waals surface area contributed by atoms with Gasteiger partial charge >= 0.3 is 0 Å². The van der Waals surface area contributed by atoms with Crippen LogP contribution in [0.25, 0.3) is 11.3 Å². The van der Waals surface area contributed by atoms with Gasteiger partial charge in [-0.2, -0.15) is 10.2 Å². The van der Waals surface area contributed by atoms with E-state index in [-0.39, 0.29) is 12.1 Å². The van der Waals surface area contributed by atoms with E-state index in [9.17, 15) is 5.11 Å². The molecule has 0 saturated heterocycles. The molecule has 1 fully saturated rings. The molecule has 1 aromatic carbocycles.